The summed E-state index contributed by atoms with van der Waals surface area (Å²) in [7, 11) is 0. The molecule has 84 valence electrons. The van der Waals surface area contributed by atoms with E-state index >= 15 is 0 Å². The van der Waals surface area contributed by atoms with Crippen molar-refractivity contribution in [3.05, 3.63) is 11.0 Å². The summed E-state index contributed by atoms with van der Waals surface area (Å²) in [5.41, 5.74) is 6.35. The van der Waals surface area contributed by atoms with E-state index < -0.39 is 0 Å². The molecule has 0 saturated heterocycles. The van der Waals surface area contributed by atoms with Crippen LogP contribution in [0.3, 0.4) is 0 Å². The quantitative estimate of drug-likeness (QED) is 0.880. The molecule has 16 heavy (non-hydrogen) atoms. The van der Waals surface area contributed by atoms with Gasteiger partial charge in [-0.25, -0.2) is 0 Å². The topological polar surface area (TPSA) is 90.5 Å². The number of nitrogens with two attached hydrogens (primary N) is 1. The molecule has 0 radical (unpaired) electrons. The summed E-state index contributed by atoms with van der Waals surface area (Å²) >= 11 is 6.94. The van der Waals surface area contributed by atoms with E-state index in [-0.39, 0.29) is 17.1 Å². The van der Waals surface area contributed by atoms with Gasteiger partial charge in [-0.1, -0.05) is 18.3 Å². The summed E-state index contributed by atoms with van der Waals surface area (Å²) in [5.74, 6) is 0.764. The Morgan fingerprint density at radius 2 is 2.00 bits per heavy atom. The van der Waals surface area contributed by atoms with Crippen LogP contribution in [0.5, 0.6) is 0 Å². The van der Waals surface area contributed by atoms with Crippen molar-refractivity contribution < 1.29 is 0 Å². The maximum Gasteiger partial charge on any atom is 0.227 e. The summed E-state index contributed by atoms with van der Waals surface area (Å²) < 4.78 is 3.89. The average Bonchev–Trinajstić information content (AvgIpc) is 2.63. The van der Waals surface area contributed by atoms with Crippen molar-refractivity contribution in [1.29, 1.82) is 0 Å². The highest BCUT2D eigenvalue weighted by Gasteiger charge is 2.17. The Balaban J connectivity index is 2.54. The van der Waals surface area contributed by atoms with Gasteiger partial charge in [0.05, 0.1) is 5.69 Å². The first-order chi connectivity index (χ1) is 7.58. The molecular weight excluding hydrogens is 248 g/mol. The molecule has 2 heterocycles. The molecule has 0 saturated carbocycles. The molecule has 2 aromatic heterocycles. The van der Waals surface area contributed by atoms with Gasteiger partial charge in [0, 0.05) is 0 Å². The Kier molecular flexibility index (Phi) is 2.97. The van der Waals surface area contributed by atoms with Crippen LogP contribution in [0.25, 0.3) is 10.7 Å². The van der Waals surface area contributed by atoms with Crippen LogP contribution in [0.15, 0.2) is 0 Å². The van der Waals surface area contributed by atoms with Crippen LogP contribution in [-0.4, -0.2) is 24.5 Å². The van der Waals surface area contributed by atoms with Crippen molar-refractivity contribution in [2.24, 2.45) is 0 Å². The third kappa shape index (κ3) is 2.10. The van der Waals surface area contributed by atoms with Crippen molar-refractivity contribution >= 4 is 29.1 Å². The van der Waals surface area contributed by atoms with Crippen molar-refractivity contribution in [1.82, 2.24) is 24.5 Å². The first-order valence-corrected chi connectivity index (χ1v) is 5.72. The summed E-state index contributed by atoms with van der Waals surface area (Å²) in [4.78, 5) is 12.5. The fourth-order valence-corrected chi connectivity index (χ4v) is 2.12. The second kappa shape index (κ2) is 4.26. The van der Waals surface area contributed by atoms with E-state index in [9.17, 15) is 0 Å². The lowest BCUT2D eigenvalue weighted by atomic mass is 10.1. The molecule has 2 N–H and O–H groups in total. The van der Waals surface area contributed by atoms with E-state index in [4.69, 9.17) is 17.3 Å². The maximum atomic E-state index is 5.72. The smallest absolute Gasteiger partial charge is 0.227 e. The number of rotatable bonds is 2. The monoisotopic (exact) mass is 256 g/mol. The summed E-state index contributed by atoms with van der Waals surface area (Å²) in [5, 5.41) is 4.11. The molecule has 2 rings (SSSR count). The largest absolute Gasteiger partial charge is 0.368 e. The highest BCUT2D eigenvalue weighted by molar-refractivity contribution is 7.09. The average molecular weight is 257 g/mol. The Morgan fingerprint density at radius 3 is 2.62 bits per heavy atom. The zero-order valence-corrected chi connectivity index (χ0v) is 10.2. The number of hydrogen-bond acceptors (Lipinski definition) is 7. The van der Waals surface area contributed by atoms with Crippen LogP contribution in [-0.2, 0) is 0 Å². The molecular formula is C8H9ClN6S. The first kappa shape index (κ1) is 11.2. The highest BCUT2D eigenvalue weighted by atomic mass is 35.5. The maximum absolute atomic E-state index is 5.72. The molecule has 0 unspecified atom stereocenters. The molecule has 0 atom stereocenters. The minimum atomic E-state index is 0.0746. The van der Waals surface area contributed by atoms with Crippen LogP contribution in [0.4, 0.5) is 5.95 Å². The molecule has 6 nitrogen and oxygen atoms in total. The molecule has 0 aliphatic rings. The SMILES string of the molecule is CC(C)c1nnsc1-c1nc(N)nc(Cl)n1. The van der Waals surface area contributed by atoms with E-state index in [0.717, 1.165) is 10.6 Å². The van der Waals surface area contributed by atoms with E-state index in [1.54, 1.807) is 0 Å². The van der Waals surface area contributed by atoms with E-state index in [0.29, 0.717) is 5.82 Å². The number of anilines is 1. The zero-order valence-electron chi connectivity index (χ0n) is 8.68. The van der Waals surface area contributed by atoms with E-state index in [1.165, 1.54) is 11.5 Å². The third-order valence-corrected chi connectivity index (χ3v) is 2.80. The number of nitrogen functional groups attached to an aromatic ring is 1. The van der Waals surface area contributed by atoms with Crippen LogP contribution >= 0.6 is 23.1 Å². The predicted octanol–water partition coefficient (Wildman–Crippen LogP) is 1.75. The van der Waals surface area contributed by atoms with Gasteiger partial charge >= 0.3 is 0 Å². The fraction of sp³-hybridized carbons (Fsp3) is 0.375. The third-order valence-electron chi connectivity index (χ3n) is 1.89. The Labute approximate surface area is 101 Å². The van der Waals surface area contributed by atoms with Crippen LogP contribution in [0, 0.1) is 0 Å². The van der Waals surface area contributed by atoms with Crippen molar-refractivity contribution in [2.75, 3.05) is 5.73 Å². The molecule has 8 heteroatoms. The number of nitrogens with zero attached hydrogens (tertiary/aromatic N) is 5. The molecule has 0 spiro atoms. The molecule has 0 aliphatic heterocycles. The summed E-state index contributed by atoms with van der Waals surface area (Å²) in [6.45, 7) is 4.04. The lowest BCUT2D eigenvalue weighted by molar-refractivity contribution is 0.812. The summed E-state index contributed by atoms with van der Waals surface area (Å²) in [6, 6.07) is 0. The second-order valence-electron chi connectivity index (χ2n) is 3.43. The Morgan fingerprint density at radius 1 is 1.25 bits per heavy atom. The Bertz CT molecular complexity index is 491. The second-order valence-corrected chi connectivity index (χ2v) is 4.52. The molecule has 0 aliphatic carbocycles. The summed E-state index contributed by atoms with van der Waals surface area (Å²) in [6.07, 6.45) is 0. The normalized spacial score (nSPS) is 11.0. The van der Waals surface area contributed by atoms with Crippen LogP contribution in [0.2, 0.25) is 5.28 Å². The van der Waals surface area contributed by atoms with Crippen LogP contribution < -0.4 is 5.73 Å². The molecule has 2 aromatic rings. The minimum absolute atomic E-state index is 0.0746. The first-order valence-electron chi connectivity index (χ1n) is 4.57. The van der Waals surface area contributed by atoms with Gasteiger partial charge in [0.25, 0.3) is 0 Å². The molecule has 0 aromatic carbocycles. The number of aromatic nitrogens is 5. The number of halogens is 1. The molecule has 0 bridgehead atoms. The molecule has 0 fully saturated rings. The standard InChI is InChI=1S/C8H9ClN6S/c1-3(2)4-5(16-15-14-4)6-11-7(9)13-8(10)12-6/h3H,1-2H3,(H2,10,11,12,13). The highest BCUT2D eigenvalue weighted by Crippen LogP contribution is 2.28. The van der Waals surface area contributed by atoms with Gasteiger partial charge in [-0.05, 0) is 29.1 Å². The lowest BCUT2D eigenvalue weighted by Gasteiger charge is -2.03. The zero-order chi connectivity index (χ0) is 11.7. The number of hydrogen-bond donors (Lipinski definition) is 1. The van der Waals surface area contributed by atoms with Crippen molar-refractivity contribution in [3.8, 4) is 10.7 Å². The van der Waals surface area contributed by atoms with Crippen molar-refractivity contribution in [3.63, 3.8) is 0 Å². The van der Waals surface area contributed by atoms with Gasteiger partial charge in [-0.2, -0.15) is 15.0 Å². The minimum Gasteiger partial charge on any atom is -0.368 e. The van der Waals surface area contributed by atoms with Gasteiger partial charge in [0.2, 0.25) is 11.2 Å². The van der Waals surface area contributed by atoms with Gasteiger partial charge in [0.1, 0.15) is 4.88 Å². The van der Waals surface area contributed by atoms with Gasteiger partial charge in [-0.15, -0.1) is 5.10 Å². The Hall–Kier alpha value is -1.34. The van der Waals surface area contributed by atoms with Crippen molar-refractivity contribution in [2.45, 2.75) is 19.8 Å². The van der Waals surface area contributed by atoms with Gasteiger partial charge < -0.3 is 5.73 Å². The lowest BCUT2D eigenvalue weighted by Crippen LogP contribution is -2.01. The van der Waals surface area contributed by atoms with Crippen LogP contribution in [0.1, 0.15) is 25.5 Å². The van der Waals surface area contributed by atoms with Gasteiger partial charge in [-0.3, -0.25) is 0 Å². The fourth-order valence-electron chi connectivity index (χ4n) is 1.20. The predicted molar refractivity (Wildman–Crippen MR) is 62.2 cm³/mol. The molecule has 0 amide bonds. The van der Waals surface area contributed by atoms with Gasteiger partial charge in [0.15, 0.2) is 5.82 Å². The van der Waals surface area contributed by atoms with E-state index in [1.807, 2.05) is 13.8 Å². The van der Waals surface area contributed by atoms with E-state index in [2.05, 4.69) is 24.5 Å².